The molecule has 1 aliphatic heterocycles. The van der Waals surface area contributed by atoms with E-state index in [4.69, 9.17) is 12.2 Å². The Balaban J connectivity index is 1.42. The van der Waals surface area contributed by atoms with Crippen LogP contribution in [0.2, 0.25) is 0 Å². The van der Waals surface area contributed by atoms with Crippen LogP contribution in [0.25, 0.3) is 10.9 Å². The van der Waals surface area contributed by atoms with E-state index >= 15 is 0 Å². The van der Waals surface area contributed by atoms with Crippen LogP contribution in [-0.4, -0.2) is 33.5 Å². The molecule has 2 aliphatic carbocycles. The van der Waals surface area contributed by atoms with Crippen molar-refractivity contribution in [1.29, 1.82) is 0 Å². The van der Waals surface area contributed by atoms with E-state index in [0.717, 1.165) is 39.7 Å². The number of amides is 1. The lowest BCUT2D eigenvalue weighted by molar-refractivity contribution is 0.0806. The SMILES string of the molecule is O=C1C=C2N(C(=O)c3cc4cc(C=S)ccc4[nH]3)C[C@H]3C[C@@]23c2ccccc21. The molecule has 28 heavy (non-hydrogen) atoms. The van der Waals surface area contributed by atoms with Gasteiger partial charge in [0.05, 0.1) is 0 Å². The van der Waals surface area contributed by atoms with E-state index in [-0.39, 0.29) is 17.1 Å². The summed E-state index contributed by atoms with van der Waals surface area (Å²) in [5, 5.41) is 2.58. The summed E-state index contributed by atoms with van der Waals surface area (Å²) in [6.45, 7) is 0.660. The van der Waals surface area contributed by atoms with Gasteiger partial charge in [-0.2, -0.15) is 0 Å². The van der Waals surface area contributed by atoms with E-state index < -0.39 is 0 Å². The number of carbonyl (C=O) groups excluding carboxylic acids is 2. The Morgan fingerprint density at radius 1 is 1.21 bits per heavy atom. The molecule has 2 fully saturated rings. The van der Waals surface area contributed by atoms with Crippen LogP contribution in [0, 0.1) is 5.92 Å². The lowest BCUT2D eigenvalue weighted by Crippen LogP contribution is -2.33. The number of rotatable bonds is 2. The summed E-state index contributed by atoms with van der Waals surface area (Å²) in [4.78, 5) is 31.0. The van der Waals surface area contributed by atoms with Gasteiger partial charge in [-0.25, -0.2) is 0 Å². The number of aromatic amines is 1. The van der Waals surface area contributed by atoms with E-state index in [1.165, 1.54) is 0 Å². The summed E-state index contributed by atoms with van der Waals surface area (Å²) in [7, 11) is 0. The first kappa shape index (κ1) is 16.0. The zero-order valence-corrected chi connectivity index (χ0v) is 15.8. The number of likely N-dealkylation sites (tertiary alicyclic amines) is 1. The van der Waals surface area contributed by atoms with Crippen LogP contribution >= 0.6 is 12.2 Å². The fourth-order valence-corrected chi connectivity index (χ4v) is 5.21. The monoisotopic (exact) mass is 384 g/mol. The Morgan fingerprint density at radius 2 is 2.07 bits per heavy atom. The van der Waals surface area contributed by atoms with E-state index in [2.05, 4.69) is 4.98 Å². The normalized spacial score (nSPS) is 24.4. The average Bonchev–Trinajstić information content (AvgIpc) is 3.12. The molecule has 2 aromatic carbocycles. The van der Waals surface area contributed by atoms with Crippen LogP contribution in [0.4, 0.5) is 0 Å². The van der Waals surface area contributed by atoms with Gasteiger partial charge in [0.2, 0.25) is 0 Å². The molecular weight excluding hydrogens is 368 g/mol. The summed E-state index contributed by atoms with van der Waals surface area (Å²) >= 11 is 5.00. The summed E-state index contributed by atoms with van der Waals surface area (Å²) in [6, 6.07) is 15.5. The molecule has 1 saturated heterocycles. The van der Waals surface area contributed by atoms with Crippen molar-refractivity contribution in [2.24, 2.45) is 5.92 Å². The van der Waals surface area contributed by atoms with Gasteiger partial charge < -0.3 is 9.88 Å². The number of aromatic nitrogens is 1. The van der Waals surface area contributed by atoms with E-state index in [1.807, 2.05) is 48.5 Å². The molecule has 0 unspecified atom stereocenters. The van der Waals surface area contributed by atoms with Crippen molar-refractivity contribution >= 4 is 40.2 Å². The van der Waals surface area contributed by atoms with Crippen molar-refractivity contribution in [3.63, 3.8) is 0 Å². The summed E-state index contributed by atoms with van der Waals surface area (Å²) < 4.78 is 0. The molecule has 2 atom stereocenters. The quantitative estimate of drug-likeness (QED) is 0.679. The minimum absolute atomic E-state index is 0.0103. The summed E-state index contributed by atoms with van der Waals surface area (Å²) in [6.07, 6.45) is 2.69. The molecule has 5 heteroatoms. The van der Waals surface area contributed by atoms with Gasteiger partial charge in [0.1, 0.15) is 5.69 Å². The second kappa shape index (κ2) is 5.26. The number of ketones is 1. The number of thiocarbonyl (C=S) groups is 1. The third-order valence-corrected chi connectivity index (χ3v) is 6.73. The number of hydrogen-bond acceptors (Lipinski definition) is 3. The maximum Gasteiger partial charge on any atom is 0.274 e. The van der Waals surface area contributed by atoms with Gasteiger partial charge in [0.15, 0.2) is 5.78 Å². The fourth-order valence-electron chi connectivity index (χ4n) is 5.06. The molecule has 136 valence electrons. The largest absolute Gasteiger partial charge is 0.351 e. The molecule has 3 aromatic rings. The molecular formula is C23H16N2O2S. The Labute approximate surface area is 166 Å². The summed E-state index contributed by atoms with van der Waals surface area (Å²) in [5.74, 6) is 0.303. The number of fused-ring (bicyclic) bond motifs is 2. The van der Waals surface area contributed by atoms with Crippen LogP contribution in [-0.2, 0) is 5.41 Å². The predicted molar refractivity (Wildman–Crippen MR) is 111 cm³/mol. The number of nitrogens with zero attached hydrogens (tertiary/aromatic N) is 1. The lowest BCUT2D eigenvalue weighted by Gasteiger charge is -2.29. The van der Waals surface area contributed by atoms with Crippen molar-refractivity contribution in [1.82, 2.24) is 9.88 Å². The van der Waals surface area contributed by atoms with Gasteiger partial charge in [-0.05, 0) is 41.7 Å². The van der Waals surface area contributed by atoms with Crippen LogP contribution < -0.4 is 0 Å². The summed E-state index contributed by atoms with van der Waals surface area (Å²) in [5.41, 5.74) is 4.96. The van der Waals surface area contributed by atoms with E-state index in [0.29, 0.717) is 18.2 Å². The van der Waals surface area contributed by atoms with Gasteiger partial charge >= 0.3 is 0 Å². The minimum Gasteiger partial charge on any atom is -0.351 e. The smallest absolute Gasteiger partial charge is 0.274 e. The molecule has 1 N–H and O–H groups in total. The van der Waals surface area contributed by atoms with Crippen molar-refractivity contribution < 1.29 is 9.59 Å². The van der Waals surface area contributed by atoms with Crippen molar-refractivity contribution in [2.75, 3.05) is 6.54 Å². The molecule has 0 radical (unpaired) electrons. The van der Waals surface area contributed by atoms with Gasteiger partial charge in [-0.3, -0.25) is 9.59 Å². The van der Waals surface area contributed by atoms with Crippen LogP contribution in [0.15, 0.2) is 60.3 Å². The molecule has 6 rings (SSSR count). The zero-order chi connectivity index (χ0) is 19.0. The van der Waals surface area contributed by atoms with Crippen LogP contribution in [0.5, 0.6) is 0 Å². The average molecular weight is 384 g/mol. The molecule has 4 nitrogen and oxygen atoms in total. The van der Waals surface area contributed by atoms with Crippen LogP contribution in [0.1, 0.15) is 38.4 Å². The first-order valence-corrected chi connectivity index (χ1v) is 9.85. The third kappa shape index (κ3) is 1.92. The molecule has 1 saturated carbocycles. The second-order valence-corrected chi connectivity index (χ2v) is 8.11. The molecule has 1 aromatic heterocycles. The number of benzene rings is 2. The molecule has 3 aliphatic rings. The number of nitrogens with one attached hydrogen (secondary N) is 1. The number of hydrogen-bond donors (Lipinski definition) is 1. The highest BCUT2D eigenvalue weighted by Crippen LogP contribution is 2.66. The predicted octanol–water partition coefficient (Wildman–Crippen LogP) is 4.01. The topological polar surface area (TPSA) is 53.2 Å². The van der Waals surface area contributed by atoms with Crippen molar-refractivity contribution in [3.05, 3.63) is 82.7 Å². The van der Waals surface area contributed by atoms with Gasteiger partial charge in [0, 0.05) is 45.6 Å². The fraction of sp³-hybridized carbons (Fsp3) is 0.174. The highest BCUT2D eigenvalue weighted by atomic mass is 32.1. The standard InChI is InChI=1S/C23H16N2O2S/c26-20-9-21-23(17-4-2-1-3-16(17)20)10-15(23)11-25(21)22(27)19-8-14-7-13(12-28)5-6-18(14)24-19/h1-9,12,15,24H,10-11H2/t15-,23-/m1/s1. The Kier molecular flexibility index (Phi) is 3.00. The Bertz CT molecular complexity index is 1250. The van der Waals surface area contributed by atoms with Gasteiger partial charge in [-0.15, -0.1) is 0 Å². The van der Waals surface area contributed by atoms with E-state index in [9.17, 15) is 9.59 Å². The highest BCUT2D eigenvalue weighted by molar-refractivity contribution is 7.79. The van der Waals surface area contributed by atoms with E-state index in [1.54, 1.807) is 16.3 Å². The molecule has 2 heterocycles. The van der Waals surface area contributed by atoms with Gasteiger partial charge in [-0.1, -0.05) is 42.5 Å². The molecule has 1 amide bonds. The zero-order valence-electron chi connectivity index (χ0n) is 14.9. The van der Waals surface area contributed by atoms with Crippen molar-refractivity contribution in [3.8, 4) is 0 Å². The maximum absolute atomic E-state index is 13.3. The lowest BCUT2D eigenvalue weighted by atomic mass is 9.81. The first-order chi connectivity index (χ1) is 13.6. The molecule has 1 spiro atoms. The second-order valence-electron chi connectivity index (χ2n) is 7.88. The maximum atomic E-state index is 13.3. The Hall–Kier alpha value is -3.05. The van der Waals surface area contributed by atoms with Crippen molar-refractivity contribution in [2.45, 2.75) is 11.8 Å². The number of carbonyl (C=O) groups is 2. The first-order valence-electron chi connectivity index (χ1n) is 9.37. The number of piperidine rings is 1. The Morgan fingerprint density at radius 3 is 2.93 bits per heavy atom. The van der Waals surface area contributed by atoms with Gasteiger partial charge in [0.25, 0.3) is 5.91 Å². The molecule has 0 bridgehead atoms. The highest BCUT2D eigenvalue weighted by Gasteiger charge is 2.67. The number of allylic oxidation sites excluding steroid dienone is 2. The number of H-pyrrole nitrogens is 1. The van der Waals surface area contributed by atoms with Crippen LogP contribution in [0.3, 0.4) is 0 Å². The minimum atomic E-state index is -0.156. The third-order valence-electron chi connectivity index (χ3n) is 6.45.